The van der Waals surface area contributed by atoms with Crippen LogP contribution >= 0.6 is 0 Å². The van der Waals surface area contributed by atoms with Crippen molar-refractivity contribution in [2.45, 2.75) is 26.2 Å². The molecule has 1 aliphatic rings. The SMILES string of the molecule is COc1cccc(-c2cnnc(-n3nc(C)c4c3NC(=O)C[C@@H]4c3cccc(C)c3)n2)c1. The number of amides is 1. The summed E-state index contributed by atoms with van der Waals surface area (Å²) in [6, 6.07) is 15.8. The van der Waals surface area contributed by atoms with Crippen molar-refractivity contribution in [1.82, 2.24) is 25.0 Å². The molecule has 32 heavy (non-hydrogen) atoms. The van der Waals surface area contributed by atoms with E-state index in [1.54, 1.807) is 18.0 Å². The Morgan fingerprint density at radius 2 is 1.97 bits per heavy atom. The molecule has 0 bridgehead atoms. The molecule has 3 heterocycles. The molecule has 1 amide bonds. The molecule has 2 aromatic carbocycles. The van der Waals surface area contributed by atoms with Crippen molar-refractivity contribution >= 4 is 11.7 Å². The minimum atomic E-state index is -0.0815. The van der Waals surface area contributed by atoms with Crippen molar-refractivity contribution in [3.8, 4) is 23.0 Å². The number of benzene rings is 2. The molecule has 0 spiro atoms. The van der Waals surface area contributed by atoms with Gasteiger partial charge in [0.15, 0.2) is 0 Å². The molecular weight excluding hydrogens is 404 g/mol. The molecule has 1 N–H and O–H groups in total. The van der Waals surface area contributed by atoms with E-state index in [0.717, 1.165) is 33.7 Å². The van der Waals surface area contributed by atoms with Crippen LogP contribution in [0.4, 0.5) is 5.82 Å². The van der Waals surface area contributed by atoms with E-state index in [2.05, 4.69) is 37.7 Å². The van der Waals surface area contributed by atoms with Crippen LogP contribution in [0.25, 0.3) is 17.2 Å². The molecule has 8 nitrogen and oxygen atoms in total. The van der Waals surface area contributed by atoms with Crippen LogP contribution in [0.1, 0.15) is 34.7 Å². The fourth-order valence-electron chi connectivity index (χ4n) is 4.17. The first-order valence-corrected chi connectivity index (χ1v) is 10.3. The summed E-state index contributed by atoms with van der Waals surface area (Å²) in [5.74, 6) is 1.46. The lowest BCUT2D eigenvalue weighted by atomic mass is 9.85. The van der Waals surface area contributed by atoms with Gasteiger partial charge in [0.25, 0.3) is 5.95 Å². The Hall–Kier alpha value is -4.07. The van der Waals surface area contributed by atoms with Gasteiger partial charge in [0, 0.05) is 23.5 Å². The number of nitrogens with zero attached hydrogens (tertiary/aromatic N) is 5. The largest absolute Gasteiger partial charge is 0.497 e. The fraction of sp³-hybridized carbons (Fsp3) is 0.208. The number of aryl methyl sites for hydroxylation is 2. The molecule has 160 valence electrons. The van der Waals surface area contributed by atoms with E-state index in [4.69, 9.17) is 4.74 Å². The number of nitrogens with one attached hydrogen (secondary N) is 1. The molecule has 0 saturated carbocycles. The summed E-state index contributed by atoms with van der Waals surface area (Å²) in [5, 5.41) is 16.0. The molecule has 2 aromatic heterocycles. The summed E-state index contributed by atoms with van der Waals surface area (Å²) >= 11 is 0. The quantitative estimate of drug-likeness (QED) is 0.533. The second-order valence-corrected chi connectivity index (χ2v) is 7.85. The number of methoxy groups -OCH3 is 1. The Morgan fingerprint density at radius 1 is 1.12 bits per heavy atom. The number of aromatic nitrogens is 5. The first kappa shape index (κ1) is 19.9. The van der Waals surface area contributed by atoms with E-state index in [-0.39, 0.29) is 11.8 Å². The zero-order chi connectivity index (χ0) is 22.2. The summed E-state index contributed by atoms with van der Waals surface area (Å²) in [4.78, 5) is 17.3. The van der Waals surface area contributed by atoms with Crippen molar-refractivity contribution in [2.75, 3.05) is 12.4 Å². The van der Waals surface area contributed by atoms with Crippen LogP contribution < -0.4 is 10.1 Å². The van der Waals surface area contributed by atoms with Gasteiger partial charge in [-0.05, 0) is 31.5 Å². The summed E-state index contributed by atoms with van der Waals surface area (Å²) in [6.45, 7) is 3.99. The Labute approximate surface area is 185 Å². The molecule has 1 atom stereocenters. The lowest BCUT2D eigenvalue weighted by Crippen LogP contribution is -2.25. The van der Waals surface area contributed by atoms with Gasteiger partial charge in [-0.1, -0.05) is 42.0 Å². The number of fused-ring (bicyclic) bond motifs is 1. The van der Waals surface area contributed by atoms with Crippen LogP contribution in [0, 0.1) is 13.8 Å². The predicted octanol–water partition coefficient (Wildman–Crippen LogP) is 3.82. The van der Waals surface area contributed by atoms with Crippen molar-refractivity contribution in [1.29, 1.82) is 0 Å². The average molecular weight is 426 g/mol. The second kappa shape index (κ2) is 7.88. The Balaban J connectivity index is 1.61. The average Bonchev–Trinajstić information content (AvgIpc) is 3.14. The van der Waals surface area contributed by atoms with Gasteiger partial charge in [0.2, 0.25) is 5.91 Å². The molecule has 0 radical (unpaired) electrons. The number of anilines is 1. The van der Waals surface area contributed by atoms with Crippen molar-refractivity contribution in [3.63, 3.8) is 0 Å². The van der Waals surface area contributed by atoms with Crippen LogP contribution in [0.3, 0.4) is 0 Å². The Bertz CT molecular complexity index is 1330. The summed E-state index contributed by atoms with van der Waals surface area (Å²) in [5.41, 5.74) is 5.52. The van der Waals surface area contributed by atoms with Gasteiger partial charge in [0.1, 0.15) is 11.6 Å². The van der Waals surface area contributed by atoms with Crippen LogP contribution in [0.2, 0.25) is 0 Å². The molecule has 5 rings (SSSR count). The second-order valence-electron chi connectivity index (χ2n) is 7.85. The number of hydrogen-bond acceptors (Lipinski definition) is 6. The van der Waals surface area contributed by atoms with Gasteiger partial charge in [0.05, 0.1) is 24.7 Å². The number of hydrogen-bond donors (Lipinski definition) is 1. The smallest absolute Gasteiger partial charge is 0.272 e. The van der Waals surface area contributed by atoms with Crippen LogP contribution in [-0.2, 0) is 4.79 Å². The maximum absolute atomic E-state index is 12.6. The van der Waals surface area contributed by atoms with Gasteiger partial charge >= 0.3 is 0 Å². The highest BCUT2D eigenvalue weighted by molar-refractivity contribution is 5.95. The standard InChI is InChI=1S/C24H22N6O2/c1-14-6-4-7-16(10-14)19-12-21(31)27-23-22(19)15(2)29-30(23)24-26-20(13-25-28-24)17-8-5-9-18(11-17)32-3/h4-11,13,19H,12H2,1-3H3,(H,27,31)/t19-/m1/s1. The summed E-state index contributed by atoms with van der Waals surface area (Å²) in [6.07, 6.45) is 1.96. The first-order chi connectivity index (χ1) is 15.5. The van der Waals surface area contributed by atoms with E-state index in [9.17, 15) is 4.79 Å². The van der Waals surface area contributed by atoms with Crippen molar-refractivity contribution in [3.05, 3.63) is 77.1 Å². The Morgan fingerprint density at radius 3 is 2.78 bits per heavy atom. The van der Waals surface area contributed by atoms with E-state index in [1.807, 2.05) is 50.2 Å². The van der Waals surface area contributed by atoms with Crippen molar-refractivity contribution < 1.29 is 9.53 Å². The molecule has 0 fully saturated rings. The number of ether oxygens (including phenoxy) is 1. The maximum atomic E-state index is 12.6. The number of carbonyl (C=O) groups excluding carboxylic acids is 1. The van der Waals surface area contributed by atoms with Crippen LogP contribution in [0.15, 0.2) is 54.7 Å². The monoisotopic (exact) mass is 426 g/mol. The minimum Gasteiger partial charge on any atom is -0.497 e. The van der Waals surface area contributed by atoms with E-state index in [0.29, 0.717) is 23.9 Å². The zero-order valence-corrected chi connectivity index (χ0v) is 18.0. The predicted molar refractivity (Wildman–Crippen MR) is 120 cm³/mol. The summed E-state index contributed by atoms with van der Waals surface area (Å²) < 4.78 is 6.88. The molecule has 8 heteroatoms. The molecule has 0 aliphatic carbocycles. The third-order valence-corrected chi connectivity index (χ3v) is 5.65. The third-order valence-electron chi connectivity index (χ3n) is 5.65. The van der Waals surface area contributed by atoms with Gasteiger partial charge in [-0.2, -0.15) is 14.9 Å². The lowest BCUT2D eigenvalue weighted by molar-refractivity contribution is -0.116. The molecule has 4 aromatic rings. The van der Waals surface area contributed by atoms with Crippen LogP contribution in [-0.4, -0.2) is 38.0 Å². The van der Waals surface area contributed by atoms with Gasteiger partial charge < -0.3 is 10.1 Å². The lowest BCUT2D eigenvalue weighted by Gasteiger charge is -2.24. The van der Waals surface area contributed by atoms with Gasteiger partial charge in [-0.15, -0.1) is 5.10 Å². The van der Waals surface area contributed by atoms with Gasteiger partial charge in [-0.25, -0.2) is 4.98 Å². The van der Waals surface area contributed by atoms with Gasteiger partial charge in [-0.3, -0.25) is 4.79 Å². The maximum Gasteiger partial charge on any atom is 0.272 e. The van der Waals surface area contributed by atoms with E-state index < -0.39 is 0 Å². The minimum absolute atomic E-state index is 0.0675. The zero-order valence-electron chi connectivity index (χ0n) is 18.0. The van der Waals surface area contributed by atoms with E-state index in [1.165, 1.54) is 0 Å². The third kappa shape index (κ3) is 3.49. The highest BCUT2D eigenvalue weighted by atomic mass is 16.5. The molecule has 1 aliphatic heterocycles. The van der Waals surface area contributed by atoms with E-state index >= 15 is 0 Å². The fourth-order valence-corrected chi connectivity index (χ4v) is 4.17. The van der Waals surface area contributed by atoms with Crippen LogP contribution in [0.5, 0.6) is 5.75 Å². The molecule has 0 unspecified atom stereocenters. The first-order valence-electron chi connectivity index (χ1n) is 10.3. The van der Waals surface area contributed by atoms with Crippen molar-refractivity contribution in [2.24, 2.45) is 0 Å². The topological polar surface area (TPSA) is 94.8 Å². The summed E-state index contributed by atoms with van der Waals surface area (Å²) in [7, 11) is 1.62. The number of carbonyl (C=O) groups is 1. The highest BCUT2D eigenvalue weighted by Crippen LogP contribution is 2.40. The molecule has 0 saturated heterocycles. The number of rotatable bonds is 4. The highest BCUT2D eigenvalue weighted by Gasteiger charge is 2.33. The Kier molecular flexibility index (Phi) is 4.89. The molecular formula is C24H22N6O2. The normalized spacial score (nSPS) is 15.2.